The minimum Gasteiger partial charge on any atom is -0.340 e. The van der Waals surface area contributed by atoms with Gasteiger partial charge in [-0.1, -0.05) is 54.1 Å². The highest BCUT2D eigenvalue weighted by Gasteiger charge is 2.30. The van der Waals surface area contributed by atoms with Crippen LogP contribution in [-0.4, -0.2) is 48.9 Å². The number of hydrogen-bond donors (Lipinski definition) is 1. The summed E-state index contributed by atoms with van der Waals surface area (Å²) in [6.45, 7) is 5.80. The van der Waals surface area contributed by atoms with Crippen molar-refractivity contribution in [3.63, 3.8) is 0 Å². The summed E-state index contributed by atoms with van der Waals surface area (Å²) >= 11 is 0. The Morgan fingerprint density at radius 1 is 0.824 bits per heavy atom. The molecular weight excluding hydrogens is 446 g/mol. The fourth-order valence-electron chi connectivity index (χ4n) is 4.23. The largest absolute Gasteiger partial charge is 0.340 e. The third-order valence-corrected chi connectivity index (χ3v) is 8.01. The molecule has 0 atom stereocenters. The van der Waals surface area contributed by atoms with E-state index in [9.17, 15) is 8.42 Å². The lowest BCUT2D eigenvalue weighted by Gasteiger charge is -2.34. The molecule has 0 amide bonds. The molecule has 4 aromatic rings. The van der Waals surface area contributed by atoms with Gasteiger partial charge in [0.2, 0.25) is 16.0 Å². The molecule has 2 heterocycles. The molecule has 0 aliphatic carbocycles. The molecule has 1 aliphatic heterocycles. The second kappa shape index (κ2) is 9.04. The number of nitrogens with zero attached hydrogens (tertiary/aromatic N) is 4. The summed E-state index contributed by atoms with van der Waals surface area (Å²) in [5.41, 5.74) is 3.01. The average Bonchev–Trinajstić information content (AvgIpc) is 2.85. The van der Waals surface area contributed by atoms with Crippen LogP contribution in [0.2, 0.25) is 0 Å². The first kappa shape index (κ1) is 22.3. The van der Waals surface area contributed by atoms with Crippen LogP contribution >= 0.6 is 0 Å². The minimum atomic E-state index is -3.60. The van der Waals surface area contributed by atoms with Crippen molar-refractivity contribution in [3.05, 3.63) is 84.1 Å². The number of piperazine rings is 1. The Morgan fingerprint density at radius 2 is 1.53 bits per heavy atom. The van der Waals surface area contributed by atoms with E-state index in [0.29, 0.717) is 37.0 Å². The molecule has 5 rings (SSSR count). The molecular formula is C26H27N5O2S. The van der Waals surface area contributed by atoms with Crippen molar-refractivity contribution in [2.75, 3.05) is 36.4 Å². The van der Waals surface area contributed by atoms with Gasteiger partial charge in [-0.25, -0.2) is 13.4 Å². The summed E-state index contributed by atoms with van der Waals surface area (Å²) in [5, 5.41) is 5.01. The van der Waals surface area contributed by atoms with Crippen LogP contribution in [0.25, 0.3) is 10.8 Å². The van der Waals surface area contributed by atoms with Gasteiger partial charge in [-0.15, -0.1) is 0 Å². The van der Waals surface area contributed by atoms with E-state index in [1.807, 2.05) is 72.5 Å². The number of fused-ring (bicyclic) bond motifs is 1. The molecule has 1 aliphatic rings. The van der Waals surface area contributed by atoms with E-state index in [1.54, 1.807) is 16.4 Å². The number of sulfonamides is 1. The third-order valence-electron chi connectivity index (χ3n) is 6.06. The Kier molecular flexibility index (Phi) is 5.93. The highest BCUT2D eigenvalue weighted by molar-refractivity contribution is 7.89. The summed E-state index contributed by atoms with van der Waals surface area (Å²) in [5.74, 6) is 1.33. The molecule has 1 N–H and O–H groups in total. The number of benzene rings is 3. The zero-order chi connectivity index (χ0) is 23.7. The van der Waals surface area contributed by atoms with E-state index >= 15 is 0 Å². The van der Waals surface area contributed by atoms with Crippen LogP contribution in [0.3, 0.4) is 0 Å². The molecule has 34 heavy (non-hydrogen) atoms. The molecule has 8 heteroatoms. The Balaban J connectivity index is 1.33. The lowest BCUT2D eigenvalue weighted by molar-refractivity contribution is 0.383. The van der Waals surface area contributed by atoms with Crippen LogP contribution in [0.15, 0.2) is 77.7 Å². The van der Waals surface area contributed by atoms with Gasteiger partial charge in [0, 0.05) is 49.0 Å². The van der Waals surface area contributed by atoms with Crippen LogP contribution in [0, 0.1) is 13.8 Å². The van der Waals surface area contributed by atoms with Gasteiger partial charge in [-0.3, -0.25) is 0 Å². The molecule has 0 unspecified atom stereocenters. The average molecular weight is 474 g/mol. The molecule has 3 aromatic carbocycles. The summed E-state index contributed by atoms with van der Waals surface area (Å²) < 4.78 is 28.5. The summed E-state index contributed by atoms with van der Waals surface area (Å²) in [7, 11) is -3.60. The van der Waals surface area contributed by atoms with E-state index in [1.165, 1.54) is 5.56 Å². The maximum Gasteiger partial charge on any atom is 0.243 e. The molecule has 0 spiro atoms. The Bertz CT molecular complexity index is 1420. The second-order valence-electron chi connectivity index (χ2n) is 8.55. The van der Waals surface area contributed by atoms with Gasteiger partial charge in [0.1, 0.15) is 5.82 Å². The first-order valence-electron chi connectivity index (χ1n) is 11.3. The van der Waals surface area contributed by atoms with Crippen LogP contribution in [0.4, 0.5) is 17.5 Å². The molecule has 0 radical (unpaired) electrons. The quantitative estimate of drug-likeness (QED) is 0.460. The Morgan fingerprint density at radius 3 is 2.29 bits per heavy atom. The van der Waals surface area contributed by atoms with Crippen molar-refractivity contribution >= 4 is 38.2 Å². The van der Waals surface area contributed by atoms with E-state index in [0.717, 1.165) is 28.0 Å². The standard InChI is InChI=1S/C26H27N5O2S/c1-19-10-12-22(13-11-19)28-25-18-20(2)27-26(29-25)30-14-16-31(17-15-30)34(32,33)24-9-5-7-21-6-3-4-8-23(21)24/h3-13,18H,14-17H2,1-2H3,(H,27,28,29). The van der Waals surface area contributed by atoms with Crippen LogP contribution in [-0.2, 0) is 10.0 Å². The van der Waals surface area contributed by atoms with Gasteiger partial charge < -0.3 is 10.2 Å². The van der Waals surface area contributed by atoms with E-state index in [4.69, 9.17) is 4.98 Å². The normalized spacial score (nSPS) is 14.9. The second-order valence-corrected chi connectivity index (χ2v) is 10.5. The monoisotopic (exact) mass is 473 g/mol. The fourth-order valence-corrected chi connectivity index (χ4v) is 5.87. The van der Waals surface area contributed by atoms with Gasteiger partial charge in [0.05, 0.1) is 4.90 Å². The van der Waals surface area contributed by atoms with Crippen molar-refractivity contribution in [3.8, 4) is 0 Å². The van der Waals surface area contributed by atoms with E-state index in [2.05, 4.69) is 17.2 Å². The van der Waals surface area contributed by atoms with Gasteiger partial charge >= 0.3 is 0 Å². The predicted octanol–water partition coefficient (Wildman–Crippen LogP) is 4.50. The molecule has 0 saturated carbocycles. The number of rotatable bonds is 5. The van der Waals surface area contributed by atoms with Crippen molar-refractivity contribution in [1.29, 1.82) is 0 Å². The number of aryl methyl sites for hydroxylation is 2. The zero-order valence-electron chi connectivity index (χ0n) is 19.3. The first-order valence-corrected chi connectivity index (χ1v) is 12.8. The highest BCUT2D eigenvalue weighted by atomic mass is 32.2. The SMILES string of the molecule is Cc1ccc(Nc2cc(C)nc(N3CCN(S(=O)(=O)c4cccc5ccccc45)CC3)n2)cc1. The molecule has 7 nitrogen and oxygen atoms in total. The Labute approximate surface area is 200 Å². The smallest absolute Gasteiger partial charge is 0.243 e. The van der Waals surface area contributed by atoms with Crippen LogP contribution < -0.4 is 10.2 Å². The topological polar surface area (TPSA) is 78.4 Å². The van der Waals surface area contributed by atoms with Gasteiger partial charge in [-0.2, -0.15) is 9.29 Å². The summed E-state index contributed by atoms with van der Waals surface area (Å²) in [6.07, 6.45) is 0. The van der Waals surface area contributed by atoms with Gasteiger partial charge in [0.25, 0.3) is 0 Å². The fraction of sp³-hybridized carbons (Fsp3) is 0.231. The molecule has 174 valence electrons. The highest BCUT2D eigenvalue weighted by Crippen LogP contribution is 2.27. The van der Waals surface area contributed by atoms with Crippen LogP contribution in [0.1, 0.15) is 11.3 Å². The zero-order valence-corrected chi connectivity index (χ0v) is 20.1. The van der Waals surface area contributed by atoms with Gasteiger partial charge in [0.15, 0.2) is 0 Å². The molecule has 1 aromatic heterocycles. The molecule has 1 fully saturated rings. The maximum atomic E-state index is 13.4. The van der Waals surface area contributed by atoms with Crippen molar-refractivity contribution in [1.82, 2.24) is 14.3 Å². The molecule has 1 saturated heterocycles. The predicted molar refractivity (Wildman–Crippen MR) is 136 cm³/mol. The third kappa shape index (κ3) is 4.47. The lowest BCUT2D eigenvalue weighted by Crippen LogP contribution is -2.49. The lowest BCUT2D eigenvalue weighted by atomic mass is 10.1. The maximum absolute atomic E-state index is 13.4. The molecule has 0 bridgehead atoms. The van der Waals surface area contributed by atoms with Crippen molar-refractivity contribution in [2.24, 2.45) is 0 Å². The van der Waals surface area contributed by atoms with Crippen molar-refractivity contribution < 1.29 is 8.42 Å². The summed E-state index contributed by atoms with van der Waals surface area (Å²) in [4.78, 5) is 11.7. The van der Waals surface area contributed by atoms with E-state index in [-0.39, 0.29) is 0 Å². The number of aromatic nitrogens is 2. The minimum absolute atomic E-state index is 0.357. The number of anilines is 3. The van der Waals surface area contributed by atoms with Crippen molar-refractivity contribution in [2.45, 2.75) is 18.7 Å². The number of nitrogens with one attached hydrogen (secondary N) is 1. The first-order chi connectivity index (χ1) is 16.4. The summed E-state index contributed by atoms with van der Waals surface area (Å²) in [6, 6.07) is 23.1. The van der Waals surface area contributed by atoms with Crippen LogP contribution in [0.5, 0.6) is 0 Å². The number of hydrogen-bond acceptors (Lipinski definition) is 6. The van der Waals surface area contributed by atoms with Gasteiger partial charge in [-0.05, 0) is 37.4 Å². The van der Waals surface area contributed by atoms with E-state index < -0.39 is 10.0 Å². The Hall–Kier alpha value is -3.49.